The number of carbonyl (C=O) groups is 1. The third kappa shape index (κ3) is 4.44. The van der Waals surface area contributed by atoms with Crippen LogP contribution in [0.2, 0.25) is 0 Å². The fourth-order valence-corrected chi connectivity index (χ4v) is 1.66. The minimum atomic E-state index is -0.234. The molecule has 5 heteroatoms. The van der Waals surface area contributed by atoms with E-state index in [1.807, 2.05) is 13.8 Å². The maximum atomic E-state index is 12.1. The van der Waals surface area contributed by atoms with Gasteiger partial charge in [-0.1, -0.05) is 13.8 Å². The van der Waals surface area contributed by atoms with Crippen molar-refractivity contribution in [1.29, 1.82) is 0 Å². The number of nitrogens with two attached hydrogens (primary N) is 1. The number of methoxy groups -OCH3 is 1. The Kier molecular flexibility index (Phi) is 5.18. The molecule has 0 fully saturated rings. The molecule has 0 atom stereocenters. The molecular weight excluding hydrogens is 244 g/mol. The van der Waals surface area contributed by atoms with Crippen molar-refractivity contribution in [1.82, 2.24) is 5.32 Å². The van der Waals surface area contributed by atoms with E-state index < -0.39 is 0 Å². The second kappa shape index (κ2) is 6.43. The molecule has 0 unspecified atom stereocenters. The van der Waals surface area contributed by atoms with Gasteiger partial charge in [0.2, 0.25) is 0 Å². The molecule has 1 aromatic carbocycles. The third-order valence-electron chi connectivity index (χ3n) is 3.02. The highest BCUT2D eigenvalue weighted by Crippen LogP contribution is 2.21. The lowest BCUT2D eigenvalue weighted by atomic mass is 9.89. The van der Waals surface area contributed by atoms with E-state index in [0.29, 0.717) is 30.0 Å². The Hall–Kier alpha value is -1.75. The molecule has 0 heterocycles. The summed E-state index contributed by atoms with van der Waals surface area (Å²) in [5, 5.41) is 11.8. The Bertz CT molecular complexity index is 444. The largest absolute Gasteiger partial charge is 0.497 e. The summed E-state index contributed by atoms with van der Waals surface area (Å²) in [6.45, 7) is 4.55. The number of aliphatic hydroxyl groups excluding tert-OH is 1. The maximum absolute atomic E-state index is 12.1. The first-order valence-corrected chi connectivity index (χ1v) is 6.22. The first-order valence-electron chi connectivity index (χ1n) is 6.22. The molecule has 0 spiro atoms. The van der Waals surface area contributed by atoms with Crippen molar-refractivity contribution in [3.8, 4) is 5.75 Å². The van der Waals surface area contributed by atoms with Gasteiger partial charge < -0.3 is 20.9 Å². The van der Waals surface area contributed by atoms with Crippen molar-refractivity contribution in [3.63, 3.8) is 0 Å². The minimum absolute atomic E-state index is 0.101. The van der Waals surface area contributed by atoms with Crippen LogP contribution in [0.15, 0.2) is 18.2 Å². The molecule has 0 aromatic heterocycles. The Morgan fingerprint density at radius 3 is 2.74 bits per heavy atom. The second-order valence-corrected chi connectivity index (χ2v) is 5.27. The predicted octanol–water partition coefficient (Wildman–Crippen LogP) is 1.42. The summed E-state index contributed by atoms with van der Waals surface area (Å²) < 4.78 is 5.08. The van der Waals surface area contributed by atoms with Gasteiger partial charge in [-0.05, 0) is 30.0 Å². The van der Waals surface area contributed by atoms with Gasteiger partial charge >= 0.3 is 0 Å². The molecule has 0 aliphatic heterocycles. The number of carbonyl (C=O) groups excluding carboxylic acids is 1. The van der Waals surface area contributed by atoms with E-state index in [1.165, 1.54) is 7.11 Å². The molecule has 5 nitrogen and oxygen atoms in total. The van der Waals surface area contributed by atoms with Gasteiger partial charge in [0.15, 0.2) is 0 Å². The van der Waals surface area contributed by atoms with Crippen LogP contribution in [0.4, 0.5) is 5.69 Å². The highest BCUT2D eigenvalue weighted by molar-refractivity contribution is 5.99. The SMILES string of the molecule is COc1ccc(N)c(C(=O)NCC(C)(C)CCO)c1. The summed E-state index contributed by atoms with van der Waals surface area (Å²) in [4.78, 5) is 12.1. The molecule has 0 aliphatic rings. The van der Waals surface area contributed by atoms with E-state index in [4.69, 9.17) is 15.6 Å². The molecule has 0 bridgehead atoms. The average molecular weight is 266 g/mol. The number of aliphatic hydroxyl groups is 1. The van der Waals surface area contributed by atoms with Crippen LogP contribution in [0.25, 0.3) is 0 Å². The molecule has 19 heavy (non-hydrogen) atoms. The first kappa shape index (κ1) is 15.3. The normalized spacial score (nSPS) is 11.2. The molecule has 4 N–H and O–H groups in total. The van der Waals surface area contributed by atoms with Gasteiger partial charge in [-0.3, -0.25) is 4.79 Å². The van der Waals surface area contributed by atoms with Crippen molar-refractivity contribution >= 4 is 11.6 Å². The van der Waals surface area contributed by atoms with Crippen LogP contribution in [-0.2, 0) is 0 Å². The third-order valence-corrected chi connectivity index (χ3v) is 3.02. The van der Waals surface area contributed by atoms with Crippen molar-refractivity contribution in [3.05, 3.63) is 23.8 Å². The highest BCUT2D eigenvalue weighted by atomic mass is 16.5. The zero-order valence-corrected chi connectivity index (χ0v) is 11.7. The number of rotatable bonds is 6. The lowest BCUT2D eigenvalue weighted by Gasteiger charge is -2.24. The summed E-state index contributed by atoms with van der Waals surface area (Å²) in [7, 11) is 1.54. The molecular formula is C14H22N2O3. The summed E-state index contributed by atoms with van der Waals surface area (Å²) >= 11 is 0. The van der Waals surface area contributed by atoms with E-state index >= 15 is 0 Å². The quantitative estimate of drug-likeness (QED) is 0.680. The highest BCUT2D eigenvalue weighted by Gasteiger charge is 2.19. The smallest absolute Gasteiger partial charge is 0.253 e. The van der Waals surface area contributed by atoms with Crippen molar-refractivity contribution < 1.29 is 14.6 Å². The van der Waals surface area contributed by atoms with Crippen molar-refractivity contribution in [2.75, 3.05) is 26.0 Å². The fraction of sp³-hybridized carbons (Fsp3) is 0.500. The van der Waals surface area contributed by atoms with Crippen LogP contribution in [0.3, 0.4) is 0 Å². The lowest BCUT2D eigenvalue weighted by Crippen LogP contribution is -2.34. The topological polar surface area (TPSA) is 84.6 Å². The maximum Gasteiger partial charge on any atom is 0.253 e. The zero-order chi connectivity index (χ0) is 14.5. The number of ether oxygens (including phenoxy) is 1. The van der Waals surface area contributed by atoms with Gasteiger partial charge in [0.1, 0.15) is 5.75 Å². The monoisotopic (exact) mass is 266 g/mol. The number of hydrogen-bond acceptors (Lipinski definition) is 4. The van der Waals surface area contributed by atoms with Gasteiger partial charge in [0.25, 0.3) is 5.91 Å². The van der Waals surface area contributed by atoms with Gasteiger partial charge in [-0.25, -0.2) is 0 Å². The first-order chi connectivity index (χ1) is 8.89. The molecule has 0 saturated carbocycles. The molecule has 0 aliphatic carbocycles. The van der Waals surface area contributed by atoms with Gasteiger partial charge in [0.05, 0.1) is 12.7 Å². The van der Waals surface area contributed by atoms with Crippen LogP contribution in [-0.4, -0.2) is 31.3 Å². The molecule has 1 amide bonds. The fourth-order valence-electron chi connectivity index (χ4n) is 1.66. The van der Waals surface area contributed by atoms with Crippen LogP contribution in [0.1, 0.15) is 30.6 Å². The van der Waals surface area contributed by atoms with Crippen LogP contribution in [0.5, 0.6) is 5.75 Å². The zero-order valence-electron chi connectivity index (χ0n) is 11.7. The predicted molar refractivity (Wildman–Crippen MR) is 75.2 cm³/mol. The number of amides is 1. The number of benzene rings is 1. The summed E-state index contributed by atoms with van der Waals surface area (Å²) in [6.07, 6.45) is 0.626. The number of nitrogen functional groups attached to an aromatic ring is 1. The minimum Gasteiger partial charge on any atom is -0.497 e. The number of anilines is 1. The number of nitrogens with one attached hydrogen (secondary N) is 1. The molecule has 0 radical (unpaired) electrons. The molecule has 1 rings (SSSR count). The molecule has 106 valence electrons. The Morgan fingerprint density at radius 2 is 2.16 bits per heavy atom. The average Bonchev–Trinajstić information content (AvgIpc) is 2.36. The Balaban J connectivity index is 2.73. The number of hydrogen-bond donors (Lipinski definition) is 3. The van der Waals surface area contributed by atoms with Crippen LogP contribution in [0, 0.1) is 5.41 Å². The van der Waals surface area contributed by atoms with E-state index in [-0.39, 0.29) is 17.9 Å². The van der Waals surface area contributed by atoms with Crippen molar-refractivity contribution in [2.45, 2.75) is 20.3 Å². The van der Waals surface area contributed by atoms with Gasteiger partial charge in [-0.15, -0.1) is 0 Å². The van der Waals surface area contributed by atoms with E-state index in [1.54, 1.807) is 18.2 Å². The summed E-state index contributed by atoms with van der Waals surface area (Å²) in [5.41, 5.74) is 6.45. The Morgan fingerprint density at radius 1 is 1.47 bits per heavy atom. The van der Waals surface area contributed by atoms with Crippen LogP contribution < -0.4 is 15.8 Å². The molecule has 1 aromatic rings. The van der Waals surface area contributed by atoms with Crippen molar-refractivity contribution in [2.24, 2.45) is 5.41 Å². The second-order valence-electron chi connectivity index (χ2n) is 5.27. The van der Waals surface area contributed by atoms with E-state index in [0.717, 1.165) is 0 Å². The molecule has 0 saturated heterocycles. The summed E-state index contributed by atoms with van der Waals surface area (Å²) in [5.74, 6) is 0.358. The Labute approximate surface area is 113 Å². The van der Waals surface area contributed by atoms with E-state index in [9.17, 15) is 4.79 Å². The standard InChI is InChI=1S/C14H22N2O3/c1-14(2,6-7-17)9-16-13(18)11-8-10(19-3)4-5-12(11)15/h4-5,8,17H,6-7,9,15H2,1-3H3,(H,16,18). The van der Waals surface area contributed by atoms with E-state index in [2.05, 4.69) is 5.32 Å². The van der Waals surface area contributed by atoms with Gasteiger partial charge in [0, 0.05) is 18.8 Å². The summed E-state index contributed by atoms with van der Waals surface area (Å²) in [6, 6.07) is 4.97. The van der Waals surface area contributed by atoms with Crippen LogP contribution >= 0.6 is 0 Å². The van der Waals surface area contributed by atoms with Gasteiger partial charge in [-0.2, -0.15) is 0 Å². The lowest BCUT2D eigenvalue weighted by molar-refractivity contribution is 0.0928.